The number of hydrogen-bond acceptors (Lipinski definition) is 3. The van der Waals surface area contributed by atoms with Crippen molar-refractivity contribution in [1.29, 1.82) is 0 Å². The van der Waals surface area contributed by atoms with Gasteiger partial charge in [-0.1, -0.05) is 60.7 Å². The summed E-state index contributed by atoms with van der Waals surface area (Å²) in [6, 6.07) is 20.1. The summed E-state index contributed by atoms with van der Waals surface area (Å²) in [4.78, 5) is 2.10. The van der Waals surface area contributed by atoms with Crippen LogP contribution in [0.4, 0.5) is 0 Å². The normalized spacial score (nSPS) is 14.1. The lowest BCUT2D eigenvalue weighted by Crippen LogP contribution is -2.43. The smallest absolute Gasteiger partial charge is 0.0820 e. The highest BCUT2D eigenvalue weighted by atomic mass is 16.3. The molecule has 0 unspecified atom stereocenters. The third-order valence-electron chi connectivity index (χ3n) is 3.60. The van der Waals surface area contributed by atoms with Gasteiger partial charge >= 0.3 is 0 Å². The van der Waals surface area contributed by atoms with Crippen molar-refractivity contribution in [3.8, 4) is 0 Å². The quantitative estimate of drug-likeness (QED) is 0.818. The van der Waals surface area contributed by atoms with Crippen molar-refractivity contribution in [3.05, 3.63) is 71.8 Å². The van der Waals surface area contributed by atoms with Crippen molar-refractivity contribution in [1.82, 2.24) is 4.90 Å². The molecule has 0 spiro atoms. The molecule has 0 bridgehead atoms. The van der Waals surface area contributed by atoms with Gasteiger partial charge in [-0.25, -0.2) is 0 Å². The molecule has 2 atom stereocenters. The van der Waals surface area contributed by atoms with Crippen molar-refractivity contribution in [2.75, 3.05) is 13.6 Å². The molecular weight excluding hydrogens is 260 g/mol. The molecule has 0 radical (unpaired) electrons. The highest BCUT2D eigenvalue weighted by Gasteiger charge is 2.17. The standard InChI is InChI=1S/C18H24N2O/c1-20(13-16-10-6-3-7-11-16)14-18(21)17(19)12-15-8-4-2-5-9-15/h2-11,17-18,21H,12-14,19H2,1H3/t17-,18+/m1/s1. The van der Waals surface area contributed by atoms with Gasteiger partial charge in [-0.05, 0) is 24.6 Å². The molecule has 0 saturated heterocycles. The van der Waals surface area contributed by atoms with Gasteiger partial charge in [0.05, 0.1) is 6.10 Å². The second kappa shape index (κ2) is 7.93. The summed E-state index contributed by atoms with van der Waals surface area (Å²) in [5.74, 6) is 0. The van der Waals surface area contributed by atoms with E-state index in [1.807, 2.05) is 55.6 Å². The van der Waals surface area contributed by atoms with Gasteiger partial charge in [-0.2, -0.15) is 0 Å². The second-order valence-electron chi connectivity index (χ2n) is 5.60. The summed E-state index contributed by atoms with van der Waals surface area (Å²) >= 11 is 0. The Hall–Kier alpha value is -1.68. The summed E-state index contributed by atoms with van der Waals surface area (Å²) < 4.78 is 0. The largest absolute Gasteiger partial charge is 0.390 e. The van der Waals surface area contributed by atoms with Gasteiger partial charge < -0.3 is 10.8 Å². The number of hydrogen-bond donors (Lipinski definition) is 2. The van der Waals surface area contributed by atoms with Crippen LogP contribution in [0, 0.1) is 0 Å². The Labute approximate surface area is 127 Å². The zero-order chi connectivity index (χ0) is 15.1. The van der Waals surface area contributed by atoms with Crippen LogP contribution in [-0.2, 0) is 13.0 Å². The highest BCUT2D eigenvalue weighted by Crippen LogP contribution is 2.07. The Kier molecular flexibility index (Phi) is 5.93. The van der Waals surface area contributed by atoms with E-state index >= 15 is 0 Å². The summed E-state index contributed by atoms with van der Waals surface area (Å²) in [5.41, 5.74) is 8.52. The van der Waals surface area contributed by atoms with Crippen molar-refractivity contribution in [3.63, 3.8) is 0 Å². The predicted molar refractivity (Wildman–Crippen MR) is 86.9 cm³/mol. The van der Waals surface area contributed by atoms with Gasteiger partial charge in [0.2, 0.25) is 0 Å². The average molecular weight is 284 g/mol. The number of nitrogens with zero attached hydrogens (tertiary/aromatic N) is 1. The van der Waals surface area contributed by atoms with Crippen LogP contribution in [0.2, 0.25) is 0 Å². The van der Waals surface area contributed by atoms with E-state index in [2.05, 4.69) is 17.0 Å². The summed E-state index contributed by atoms with van der Waals surface area (Å²) in [7, 11) is 2.01. The third-order valence-corrected chi connectivity index (χ3v) is 3.60. The molecule has 0 amide bonds. The van der Waals surface area contributed by atoms with E-state index in [0.717, 1.165) is 12.1 Å². The fourth-order valence-corrected chi connectivity index (χ4v) is 2.44. The number of rotatable bonds is 7. The minimum Gasteiger partial charge on any atom is -0.390 e. The van der Waals surface area contributed by atoms with Gasteiger partial charge in [0.1, 0.15) is 0 Å². The van der Waals surface area contributed by atoms with E-state index in [-0.39, 0.29) is 6.04 Å². The third kappa shape index (κ3) is 5.31. The van der Waals surface area contributed by atoms with Crippen LogP contribution in [0.1, 0.15) is 11.1 Å². The summed E-state index contributed by atoms with van der Waals surface area (Å²) in [6.07, 6.45) is 0.167. The van der Waals surface area contributed by atoms with E-state index in [1.165, 1.54) is 5.56 Å². The first-order chi connectivity index (χ1) is 10.1. The molecule has 3 nitrogen and oxygen atoms in total. The molecule has 112 valence electrons. The Bertz CT molecular complexity index is 515. The summed E-state index contributed by atoms with van der Waals surface area (Å²) in [6.45, 7) is 1.39. The Morgan fingerprint density at radius 3 is 2.05 bits per heavy atom. The molecule has 0 heterocycles. The monoisotopic (exact) mass is 284 g/mol. The van der Waals surface area contributed by atoms with Crippen LogP contribution >= 0.6 is 0 Å². The molecule has 0 aromatic heterocycles. The van der Waals surface area contributed by atoms with E-state index in [9.17, 15) is 5.11 Å². The lowest BCUT2D eigenvalue weighted by Gasteiger charge is -2.25. The SMILES string of the molecule is CN(Cc1ccccc1)C[C@H](O)[C@H](N)Cc1ccccc1. The maximum Gasteiger partial charge on any atom is 0.0820 e. The Morgan fingerprint density at radius 2 is 1.48 bits per heavy atom. The first-order valence-electron chi connectivity index (χ1n) is 7.35. The van der Waals surface area contributed by atoms with E-state index in [0.29, 0.717) is 13.0 Å². The van der Waals surface area contributed by atoms with Crippen molar-refractivity contribution in [2.45, 2.75) is 25.1 Å². The topological polar surface area (TPSA) is 49.5 Å². The van der Waals surface area contributed by atoms with E-state index < -0.39 is 6.10 Å². The second-order valence-corrected chi connectivity index (χ2v) is 5.60. The number of benzene rings is 2. The van der Waals surface area contributed by atoms with Crippen LogP contribution < -0.4 is 5.73 Å². The van der Waals surface area contributed by atoms with Gasteiger partial charge in [0.15, 0.2) is 0 Å². The van der Waals surface area contributed by atoms with Gasteiger partial charge in [-0.15, -0.1) is 0 Å². The van der Waals surface area contributed by atoms with Crippen LogP contribution in [0.5, 0.6) is 0 Å². The average Bonchev–Trinajstić information content (AvgIpc) is 2.49. The van der Waals surface area contributed by atoms with Crippen LogP contribution in [0.3, 0.4) is 0 Å². The molecular formula is C18H24N2O. The molecule has 2 rings (SSSR count). The maximum atomic E-state index is 10.3. The molecule has 0 fully saturated rings. The number of aliphatic hydroxyl groups excluding tert-OH is 1. The van der Waals surface area contributed by atoms with Crippen molar-refractivity contribution < 1.29 is 5.11 Å². The minimum atomic E-state index is -0.529. The number of nitrogens with two attached hydrogens (primary N) is 1. The first-order valence-corrected chi connectivity index (χ1v) is 7.35. The lowest BCUT2D eigenvalue weighted by atomic mass is 10.0. The zero-order valence-corrected chi connectivity index (χ0v) is 12.5. The molecule has 3 N–H and O–H groups in total. The van der Waals surface area contributed by atoms with Gasteiger partial charge in [0.25, 0.3) is 0 Å². The minimum absolute atomic E-state index is 0.245. The molecule has 0 saturated carbocycles. The zero-order valence-electron chi connectivity index (χ0n) is 12.5. The molecule has 0 aliphatic carbocycles. The van der Waals surface area contributed by atoms with Crippen LogP contribution in [-0.4, -0.2) is 35.7 Å². The fourth-order valence-electron chi connectivity index (χ4n) is 2.44. The maximum absolute atomic E-state index is 10.3. The molecule has 0 aliphatic heterocycles. The predicted octanol–water partition coefficient (Wildman–Crippen LogP) is 2.05. The molecule has 0 aliphatic rings. The van der Waals surface area contributed by atoms with Crippen LogP contribution in [0.15, 0.2) is 60.7 Å². The van der Waals surface area contributed by atoms with E-state index in [4.69, 9.17) is 5.73 Å². The lowest BCUT2D eigenvalue weighted by molar-refractivity contribution is 0.0992. The van der Waals surface area contributed by atoms with Gasteiger partial charge in [0, 0.05) is 19.1 Å². The number of aliphatic hydroxyl groups is 1. The van der Waals surface area contributed by atoms with Crippen LogP contribution in [0.25, 0.3) is 0 Å². The van der Waals surface area contributed by atoms with Crippen molar-refractivity contribution in [2.24, 2.45) is 5.73 Å². The van der Waals surface area contributed by atoms with E-state index in [1.54, 1.807) is 0 Å². The fraction of sp³-hybridized carbons (Fsp3) is 0.333. The van der Waals surface area contributed by atoms with Gasteiger partial charge in [-0.3, -0.25) is 4.90 Å². The molecule has 21 heavy (non-hydrogen) atoms. The summed E-state index contributed by atoms with van der Waals surface area (Å²) in [5, 5.41) is 10.3. The molecule has 3 heteroatoms. The number of likely N-dealkylation sites (N-methyl/N-ethyl adjacent to an activating group) is 1. The first kappa shape index (κ1) is 15.7. The molecule has 2 aromatic rings. The molecule has 2 aromatic carbocycles. The Morgan fingerprint density at radius 1 is 0.952 bits per heavy atom. The highest BCUT2D eigenvalue weighted by molar-refractivity contribution is 5.16. The van der Waals surface area contributed by atoms with Crippen molar-refractivity contribution >= 4 is 0 Å². The Balaban J connectivity index is 1.81.